The number of nitriles is 1. The Hall–Kier alpha value is -1.28. The van der Waals surface area contributed by atoms with Gasteiger partial charge in [0.1, 0.15) is 16.8 Å². The van der Waals surface area contributed by atoms with Crippen LogP contribution in [0.15, 0.2) is 6.07 Å². The minimum Gasteiger partial charge on any atom is -0.206 e. The molecule has 6 heteroatoms. The van der Waals surface area contributed by atoms with Crippen molar-refractivity contribution in [1.82, 2.24) is 4.98 Å². The highest BCUT2D eigenvalue weighted by Gasteiger charge is 2.16. The first-order valence-corrected chi connectivity index (χ1v) is 3.48. The van der Waals surface area contributed by atoms with Crippen LogP contribution in [0.25, 0.3) is 0 Å². The highest BCUT2D eigenvalue weighted by molar-refractivity contribution is 6.30. The van der Waals surface area contributed by atoms with Gasteiger partial charge in [0.25, 0.3) is 6.43 Å². The first-order chi connectivity index (χ1) is 6.06. The van der Waals surface area contributed by atoms with Crippen LogP contribution < -0.4 is 0 Å². The Labute approximate surface area is 76.6 Å². The van der Waals surface area contributed by atoms with Crippen molar-refractivity contribution in [3.05, 3.63) is 28.3 Å². The van der Waals surface area contributed by atoms with Crippen molar-refractivity contribution in [3.8, 4) is 6.07 Å². The molecule has 0 unspecified atom stereocenters. The third-order valence-electron chi connectivity index (χ3n) is 1.31. The SMILES string of the molecule is N#Cc1cc(C(F)F)c(Cl)nc1F. The molecule has 0 N–H and O–H groups in total. The number of rotatable bonds is 1. The zero-order valence-electron chi connectivity index (χ0n) is 6.06. The summed E-state index contributed by atoms with van der Waals surface area (Å²) in [6.07, 6.45) is -2.87. The molecule has 68 valence electrons. The number of alkyl halides is 2. The van der Waals surface area contributed by atoms with Crippen molar-refractivity contribution in [2.24, 2.45) is 0 Å². The van der Waals surface area contributed by atoms with E-state index in [2.05, 4.69) is 4.98 Å². The molecule has 0 aliphatic rings. The molecule has 0 bridgehead atoms. The second-order valence-electron chi connectivity index (χ2n) is 2.12. The van der Waals surface area contributed by atoms with E-state index in [0.29, 0.717) is 6.07 Å². The van der Waals surface area contributed by atoms with Crippen LogP contribution in [0.1, 0.15) is 17.6 Å². The molecule has 0 aliphatic heterocycles. The minimum absolute atomic E-state index is 0.542. The predicted molar refractivity (Wildman–Crippen MR) is 38.9 cm³/mol. The van der Waals surface area contributed by atoms with E-state index in [9.17, 15) is 13.2 Å². The van der Waals surface area contributed by atoms with E-state index in [-0.39, 0.29) is 0 Å². The lowest BCUT2D eigenvalue weighted by molar-refractivity contribution is 0.151. The fourth-order valence-electron chi connectivity index (χ4n) is 0.717. The quantitative estimate of drug-likeness (QED) is 0.663. The van der Waals surface area contributed by atoms with Crippen LogP contribution in [-0.4, -0.2) is 4.98 Å². The maximum atomic E-state index is 12.6. The second kappa shape index (κ2) is 3.62. The normalized spacial score (nSPS) is 10.2. The van der Waals surface area contributed by atoms with Gasteiger partial charge in [-0.25, -0.2) is 13.8 Å². The van der Waals surface area contributed by atoms with Gasteiger partial charge in [-0.05, 0) is 6.07 Å². The molecule has 1 aromatic heterocycles. The standard InChI is InChI=1S/C7H2ClF3N2/c8-5-4(6(9)10)1-3(2-12)7(11)13-5/h1,6H. The highest BCUT2D eigenvalue weighted by Crippen LogP contribution is 2.26. The van der Waals surface area contributed by atoms with Gasteiger partial charge in [-0.2, -0.15) is 9.65 Å². The van der Waals surface area contributed by atoms with Crippen LogP contribution in [0.4, 0.5) is 13.2 Å². The van der Waals surface area contributed by atoms with Crippen molar-refractivity contribution in [3.63, 3.8) is 0 Å². The van der Waals surface area contributed by atoms with E-state index in [1.54, 1.807) is 0 Å². The van der Waals surface area contributed by atoms with Gasteiger partial charge < -0.3 is 0 Å². The van der Waals surface area contributed by atoms with Gasteiger partial charge in [0.15, 0.2) is 0 Å². The van der Waals surface area contributed by atoms with Gasteiger partial charge in [0, 0.05) is 0 Å². The lowest BCUT2D eigenvalue weighted by atomic mass is 10.2. The Kier molecular flexibility index (Phi) is 2.73. The number of hydrogen-bond donors (Lipinski definition) is 0. The molecular weight excluding hydrogens is 205 g/mol. The van der Waals surface area contributed by atoms with Crippen molar-refractivity contribution >= 4 is 11.6 Å². The van der Waals surface area contributed by atoms with E-state index in [0.717, 1.165) is 0 Å². The van der Waals surface area contributed by atoms with E-state index in [1.807, 2.05) is 0 Å². The van der Waals surface area contributed by atoms with E-state index >= 15 is 0 Å². The Balaban J connectivity index is 3.33. The number of aromatic nitrogens is 1. The predicted octanol–water partition coefficient (Wildman–Crippen LogP) is 2.68. The Morgan fingerprint density at radius 2 is 2.15 bits per heavy atom. The number of nitrogens with zero attached hydrogens (tertiary/aromatic N) is 2. The lowest BCUT2D eigenvalue weighted by Gasteiger charge is -2.02. The molecule has 13 heavy (non-hydrogen) atoms. The maximum absolute atomic E-state index is 12.6. The van der Waals surface area contributed by atoms with Crippen LogP contribution in [0.5, 0.6) is 0 Å². The molecule has 0 radical (unpaired) electrons. The van der Waals surface area contributed by atoms with Gasteiger partial charge >= 0.3 is 0 Å². The van der Waals surface area contributed by atoms with E-state index < -0.39 is 28.7 Å². The summed E-state index contributed by atoms with van der Waals surface area (Å²) >= 11 is 5.21. The molecule has 0 aromatic carbocycles. The summed E-state index contributed by atoms with van der Waals surface area (Å²) in [6, 6.07) is 2.08. The molecule has 0 spiro atoms. The first kappa shape index (κ1) is 9.81. The number of hydrogen-bond acceptors (Lipinski definition) is 2. The summed E-state index contributed by atoms with van der Waals surface area (Å²) in [5.74, 6) is -1.14. The summed E-state index contributed by atoms with van der Waals surface area (Å²) in [4.78, 5) is 2.96. The molecule has 0 amide bonds. The largest absolute Gasteiger partial charge is 0.266 e. The van der Waals surface area contributed by atoms with Crippen molar-refractivity contribution in [1.29, 1.82) is 5.26 Å². The van der Waals surface area contributed by atoms with Crippen LogP contribution in [0.3, 0.4) is 0 Å². The highest BCUT2D eigenvalue weighted by atomic mass is 35.5. The maximum Gasteiger partial charge on any atom is 0.266 e. The summed E-state index contributed by atoms with van der Waals surface area (Å²) in [5.41, 5.74) is -1.18. The van der Waals surface area contributed by atoms with Crippen LogP contribution in [0.2, 0.25) is 5.15 Å². The van der Waals surface area contributed by atoms with Crippen LogP contribution in [0, 0.1) is 17.3 Å². The summed E-state index contributed by atoms with van der Waals surface area (Å²) in [7, 11) is 0. The topological polar surface area (TPSA) is 36.7 Å². The third-order valence-corrected chi connectivity index (χ3v) is 1.61. The third kappa shape index (κ3) is 1.90. The second-order valence-corrected chi connectivity index (χ2v) is 2.48. The zero-order chi connectivity index (χ0) is 10.0. The van der Waals surface area contributed by atoms with Crippen molar-refractivity contribution in [2.75, 3.05) is 0 Å². The molecule has 2 nitrogen and oxygen atoms in total. The summed E-state index contributed by atoms with van der Waals surface area (Å²) < 4.78 is 36.9. The number of halogens is 4. The van der Waals surface area contributed by atoms with Gasteiger partial charge in [-0.1, -0.05) is 11.6 Å². The van der Waals surface area contributed by atoms with Crippen LogP contribution >= 0.6 is 11.6 Å². The molecule has 1 rings (SSSR count). The Morgan fingerprint density at radius 3 is 2.62 bits per heavy atom. The minimum atomic E-state index is -2.87. The molecule has 1 heterocycles. The molecule has 1 aromatic rings. The fourth-order valence-corrected chi connectivity index (χ4v) is 0.928. The summed E-state index contributed by atoms with van der Waals surface area (Å²) in [6.45, 7) is 0. The van der Waals surface area contributed by atoms with Crippen molar-refractivity contribution < 1.29 is 13.2 Å². The zero-order valence-corrected chi connectivity index (χ0v) is 6.82. The molecule has 0 atom stereocenters. The Bertz CT molecular complexity index is 373. The number of pyridine rings is 1. The Morgan fingerprint density at radius 1 is 1.54 bits per heavy atom. The monoisotopic (exact) mass is 206 g/mol. The fraction of sp³-hybridized carbons (Fsp3) is 0.143. The smallest absolute Gasteiger partial charge is 0.206 e. The average Bonchev–Trinajstić information content (AvgIpc) is 2.03. The van der Waals surface area contributed by atoms with Gasteiger partial charge in [0.05, 0.1) is 5.56 Å². The van der Waals surface area contributed by atoms with Crippen molar-refractivity contribution in [2.45, 2.75) is 6.43 Å². The van der Waals surface area contributed by atoms with Gasteiger partial charge in [0.2, 0.25) is 5.95 Å². The molecular formula is C7H2ClF3N2. The molecule has 0 saturated heterocycles. The lowest BCUT2D eigenvalue weighted by Crippen LogP contribution is -1.96. The van der Waals surface area contributed by atoms with Crippen LogP contribution in [-0.2, 0) is 0 Å². The van der Waals surface area contributed by atoms with E-state index in [4.69, 9.17) is 16.9 Å². The summed E-state index contributed by atoms with van der Waals surface area (Å²) in [5, 5.41) is 7.68. The molecule has 0 saturated carbocycles. The van der Waals surface area contributed by atoms with Gasteiger partial charge in [-0.3, -0.25) is 0 Å². The first-order valence-electron chi connectivity index (χ1n) is 3.10. The molecule has 0 fully saturated rings. The van der Waals surface area contributed by atoms with Gasteiger partial charge in [-0.15, -0.1) is 0 Å². The van der Waals surface area contributed by atoms with E-state index in [1.165, 1.54) is 6.07 Å². The molecule has 0 aliphatic carbocycles. The average molecular weight is 207 g/mol.